The molecule has 0 saturated heterocycles. The standard InChI is InChI=1S/C10H12BrN/c1-8(7-12)6-9-4-2-3-5-10(9)11/h2-6H,7,12H2,1H3. The summed E-state index contributed by atoms with van der Waals surface area (Å²) in [5, 5.41) is 0. The van der Waals surface area contributed by atoms with E-state index in [0.717, 1.165) is 4.47 Å². The minimum atomic E-state index is 0.612. The van der Waals surface area contributed by atoms with Crippen molar-refractivity contribution in [3.05, 3.63) is 39.9 Å². The van der Waals surface area contributed by atoms with Crippen LogP contribution in [-0.2, 0) is 0 Å². The summed E-state index contributed by atoms with van der Waals surface area (Å²) in [6, 6.07) is 8.10. The Morgan fingerprint density at radius 2 is 2.17 bits per heavy atom. The molecule has 0 unspecified atom stereocenters. The SMILES string of the molecule is CC(=Cc1ccccc1Br)CN. The molecule has 0 heterocycles. The van der Waals surface area contributed by atoms with Crippen LogP contribution in [0.25, 0.3) is 6.08 Å². The number of nitrogens with two attached hydrogens (primary N) is 1. The molecule has 0 aliphatic rings. The van der Waals surface area contributed by atoms with Crippen LogP contribution in [0.3, 0.4) is 0 Å². The largest absolute Gasteiger partial charge is 0.327 e. The van der Waals surface area contributed by atoms with Crippen LogP contribution in [0.1, 0.15) is 12.5 Å². The molecule has 0 aliphatic carbocycles. The van der Waals surface area contributed by atoms with E-state index in [1.807, 2.05) is 25.1 Å². The molecule has 2 N–H and O–H groups in total. The van der Waals surface area contributed by atoms with Crippen molar-refractivity contribution in [2.45, 2.75) is 6.92 Å². The van der Waals surface area contributed by atoms with Gasteiger partial charge >= 0.3 is 0 Å². The van der Waals surface area contributed by atoms with Crippen LogP contribution in [-0.4, -0.2) is 6.54 Å². The van der Waals surface area contributed by atoms with E-state index >= 15 is 0 Å². The fourth-order valence-corrected chi connectivity index (χ4v) is 1.32. The van der Waals surface area contributed by atoms with Crippen LogP contribution >= 0.6 is 15.9 Å². The van der Waals surface area contributed by atoms with E-state index in [0.29, 0.717) is 6.54 Å². The second-order valence-corrected chi connectivity index (χ2v) is 3.57. The Morgan fingerprint density at radius 1 is 1.50 bits per heavy atom. The summed E-state index contributed by atoms with van der Waals surface area (Å²) < 4.78 is 1.11. The van der Waals surface area contributed by atoms with E-state index in [2.05, 4.69) is 28.1 Å². The van der Waals surface area contributed by atoms with Gasteiger partial charge < -0.3 is 5.73 Å². The van der Waals surface area contributed by atoms with Crippen LogP contribution in [0.4, 0.5) is 0 Å². The van der Waals surface area contributed by atoms with Gasteiger partial charge in [-0.2, -0.15) is 0 Å². The summed E-state index contributed by atoms with van der Waals surface area (Å²) in [7, 11) is 0. The molecule has 0 amide bonds. The first-order chi connectivity index (χ1) is 5.74. The molecule has 1 aromatic rings. The first-order valence-electron chi connectivity index (χ1n) is 3.86. The first kappa shape index (κ1) is 9.49. The molecular formula is C10H12BrN. The highest BCUT2D eigenvalue weighted by molar-refractivity contribution is 9.10. The zero-order valence-corrected chi connectivity index (χ0v) is 8.64. The molecule has 2 heteroatoms. The summed E-state index contributed by atoms with van der Waals surface area (Å²) in [6.45, 7) is 2.64. The van der Waals surface area contributed by atoms with Gasteiger partial charge in [0.25, 0.3) is 0 Å². The molecule has 0 atom stereocenters. The fourth-order valence-electron chi connectivity index (χ4n) is 0.917. The Balaban J connectivity index is 2.96. The predicted molar refractivity (Wildman–Crippen MR) is 56.8 cm³/mol. The van der Waals surface area contributed by atoms with E-state index in [1.54, 1.807) is 0 Å². The fraction of sp³-hybridized carbons (Fsp3) is 0.200. The maximum atomic E-state index is 5.49. The van der Waals surface area contributed by atoms with Gasteiger partial charge in [-0.1, -0.05) is 45.8 Å². The predicted octanol–water partition coefficient (Wildman–Crippen LogP) is 2.81. The molecule has 0 fully saturated rings. The molecule has 12 heavy (non-hydrogen) atoms. The molecule has 1 nitrogen and oxygen atoms in total. The van der Waals surface area contributed by atoms with E-state index < -0.39 is 0 Å². The number of hydrogen-bond donors (Lipinski definition) is 1. The van der Waals surface area contributed by atoms with Gasteiger partial charge in [0, 0.05) is 11.0 Å². The Kier molecular flexibility index (Phi) is 3.50. The second kappa shape index (κ2) is 4.43. The lowest BCUT2D eigenvalue weighted by Gasteiger charge is -1.99. The van der Waals surface area contributed by atoms with Gasteiger partial charge in [0.15, 0.2) is 0 Å². The van der Waals surface area contributed by atoms with Crippen LogP contribution in [0.5, 0.6) is 0 Å². The normalized spacial score (nSPS) is 11.8. The van der Waals surface area contributed by atoms with Gasteiger partial charge in [-0.15, -0.1) is 0 Å². The lowest BCUT2D eigenvalue weighted by Crippen LogP contribution is -1.99. The Hall–Kier alpha value is -0.600. The topological polar surface area (TPSA) is 26.0 Å². The number of rotatable bonds is 2. The average Bonchev–Trinajstić information content (AvgIpc) is 2.09. The molecule has 0 saturated carbocycles. The molecular weight excluding hydrogens is 214 g/mol. The van der Waals surface area contributed by atoms with Crippen LogP contribution in [0.2, 0.25) is 0 Å². The third kappa shape index (κ3) is 2.47. The Labute approximate surface area is 81.4 Å². The minimum absolute atomic E-state index is 0.612. The van der Waals surface area contributed by atoms with Crippen molar-refractivity contribution in [1.29, 1.82) is 0 Å². The van der Waals surface area contributed by atoms with Crippen molar-refractivity contribution in [1.82, 2.24) is 0 Å². The zero-order valence-electron chi connectivity index (χ0n) is 7.05. The first-order valence-corrected chi connectivity index (χ1v) is 4.65. The second-order valence-electron chi connectivity index (χ2n) is 2.72. The van der Waals surface area contributed by atoms with E-state index in [4.69, 9.17) is 5.73 Å². The maximum absolute atomic E-state index is 5.49. The van der Waals surface area contributed by atoms with Crippen LogP contribution in [0, 0.1) is 0 Å². The molecule has 64 valence electrons. The number of halogens is 1. The molecule has 0 spiro atoms. The third-order valence-electron chi connectivity index (χ3n) is 1.63. The van der Waals surface area contributed by atoms with Crippen LogP contribution in [0.15, 0.2) is 34.3 Å². The maximum Gasteiger partial charge on any atom is 0.0247 e. The van der Waals surface area contributed by atoms with Gasteiger partial charge in [-0.05, 0) is 18.6 Å². The highest BCUT2D eigenvalue weighted by atomic mass is 79.9. The number of hydrogen-bond acceptors (Lipinski definition) is 1. The average molecular weight is 226 g/mol. The van der Waals surface area contributed by atoms with E-state index in [1.165, 1.54) is 11.1 Å². The zero-order chi connectivity index (χ0) is 8.97. The highest BCUT2D eigenvalue weighted by Gasteiger charge is 1.93. The highest BCUT2D eigenvalue weighted by Crippen LogP contribution is 2.18. The van der Waals surface area contributed by atoms with E-state index in [9.17, 15) is 0 Å². The quantitative estimate of drug-likeness (QED) is 0.824. The molecule has 0 bridgehead atoms. The molecule has 0 aliphatic heterocycles. The van der Waals surface area contributed by atoms with Crippen molar-refractivity contribution in [2.24, 2.45) is 5.73 Å². The lowest BCUT2D eigenvalue weighted by molar-refractivity contribution is 1.15. The van der Waals surface area contributed by atoms with Crippen molar-refractivity contribution in [3.63, 3.8) is 0 Å². The monoisotopic (exact) mass is 225 g/mol. The van der Waals surface area contributed by atoms with Gasteiger partial charge in [-0.3, -0.25) is 0 Å². The summed E-state index contributed by atoms with van der Waals surface area (Å²) in [5.41, 5.74) is 7.85. The van der Waals surface area contributed by atoms with Gasteiger partial charge in [0.2, 0.25) is 0 Å². The molecule has 1 aromatic carbocycles. The molecule has 1 rings (SSSR count). The van der Waals surface area contributed by atoms with Crippen molar-refractivity contribution >= 4 is 22.0 Å². The van der Waals surface area contributed by atoms with Gasteiger partial charge in [0.05, 0.1) is 0 Å². The lowest BCUT2D eigenvalue weighted by atomic mass is 10.1. The number of benzene rings is 1. The molecule has 0 aromatic heterocycles. The molecule has 0 radical (unpaired) electrons. The minimum Gasteiger partial charge on any atom is -0.327 e. The van der Waals surface area contributed by atoms with Crippen molar-refractivity contribution in [3.8, 4) is 0 Å². The van der Waals surface area contributed by atoms with E-state index in [-0.39, 0.29) is 0 Å². The Morgan fingerprint density at radius 3 is 2.75 bits per heavy atom. The Bertz CT molecular complexity index is 292. The van der Waals surface area contributed by atoms with Crippen molar-refractivity contribution < 1.29 is 0 Å². The van der Waals surface area contributed by atoms with Gasteiger partial charge in [0.1, 0.15) is 0 Å². The third-order valence-corrected chi connectivity index (χ3v) is 2.35. The van der Waals surface area contributed by atoms with Crippen molar-refractivity contribution in [2.75, 3.05) is 6.54 Å². The summed E-state index contributed by atoms with van der Waals surface area (Å²) in [5.74, 6) is 0. The van der Waals surface area contributed by atoms with Crippen LogP contribution < -0.4 is 5.73 Å². The summed E-state index contributed by atoms with van der Waals surface area (Å²) in [6.07, 6.45) is 2.09. The van der Waals surface area contributed by atoms with Gasteiger partial charge in [-0.25, -0.2) is 0 Å². The summed E-state index contributed by atoms with van der Waals surface area (Å²) >= 11 is 3.47. The smallest absolute Gasteiger partial charge is 0.0247 e. The summed E-state index contributed by atoms with van der Waals surface area (Å²) in [4.78, 5) is 0.